The molecule has 0 aromatic rings. The second-order valence-electron chi connectivity index (χ2n) is 3.04. The molecule has 1 heterocycles. The molecule has 0 aromatic heterocycles. The van der Waals surface area contributed by atoms with Gasteiger partial charge in [0.05, 0.1) is 0 Å². The summed E-state index contributed by atoms with van der Waals surface area (Å²) in [5.41, 5.74) is 5.25. The number of sulfonamides is 1. The van der Waals surface area contributed by atoms with E-state index >= 15 is 0 Å². The van der Waals surface area contributed by atoms with Gasteiger partial charge in [-0.3, -0.25) is 4.79 Å². The van der Waals surface area contributed by atoms with Crippen molar-refractivity contribution in [3.8, 4) is 0 Å². The predicted octanol–water partition coefficient (Wildman–Crippen LogP) is -2.17. The maximum Gasteiger partial charge on any atom is 0.224 e. The minimum atomic E-state index is -3.59. The molecule has 0 saturated carbocycles. The Balaban J connectivity index is 2.66. The van der Waals surface area contributed by atoms with Gasteiger partial charge in [-0.1, -0.05) is 0 Å². The van der Waals surface area contributed by atoms with Crippen LogP contribution in [0.2, 0.25) is 0 Å². The summed E-state index contributed by atoms with van der Waals surface area (Å²) in [5, 5.41) is 4.17. The number of nitrogens with zero attached hydrogens (tertiary/aromatic N) is 1. The largest absolute Gasteiger partial charge is 0.340 e. The summed E-state index contributed by atoms with van der Waals surface area (Å²) in [5.74, 6) is -0.190. The van der Waals surface area contributed by atoms with Gasteiger partial charge in [-0.25, -0.2) is 13.6 Å². The van der Waals surface area contributed by atoms with Crippen molar-refractivity contribution in [2.24, 2.45) is 10.9 Å². The van der Waals surface area contributed by atoms with Crippen molar-refractivity contribution < 1.29 is 13.2 Å². The average Bonchev–Trinajstić information content (AvgIpc) is 2.32. The van der Waals surface area contributed by atoms with E-state index in [1.165, 1.54) is 4.90 Å². The van der Waals surface area contributed by atoms with Gasteiger partial charge in [-0.15, -0.1) is 0 Å². The molecule has 0 aromatic carbocycles. The SMILES string of the molecule is NCCN1CC(S(N)(=O)=O)CC1=O. The Hall–Kier alpha value is -0.660. The van der Waals surface area contributed by atoms with E-state index < -0.39 is 15.3 Å². The number of rotatable bonds is 3. The van der Waals surface area contributed by atoms with Gasteiger partial charge in [0.1, 0.15) is 5.25 Å². The molecule has 1 aliphatic heterocycles. The van der Waals surface area contributed by atoms with Crippen molar-refractivity contribution in [3.63, 3.8) is 0 Å². The van der Waals surface area contributed by atoms with Gasteiger partial charge in [0.25, 0.3) is 0 Å². The molecule has 1 saturated heterocycles. The number of primary sulfonamides is 1. The van der Waals surface area contributed by atoms with Crippen molar-refractivity contribution >= 4 is 15.9 Å². The molecular weight excluding hydrogens is 194 g/mol. The van der Waals surface area contributed by atoms with Crippen molar-refractivity contribution in [1.29, 1.82) is 0 Å². The normalized spacial score (nSPS) is 24.0. The highest BCUT2D eigenvalue weighted by molar-refractivity contribution is 7.89. The first-order chi connectivity index (χ1) is 5.95. The summed E-state index contributed by atoms with van der Waals surface area (Å²) in [6.45, 7) is 0.906. The summed E-state index contributed by atoms with van der Waals surface area (Å²) < 4.78 is 21.8. The van der Waals surface area contributed by atoms with E-state index in [0.29, 0.717) is 13.1 Å². The lowest BCUT2D eigenvalue weighted by molar-refractivity contribution is -0.127. The Morgan fingerprint density at radius 3 is 2.54 bits per heavy atom. The fourth-order valence-corrected chi connectivity index (χ4v) is 2.09. The van der Waals surface area contributed by atoms with Gasteiger partial charge in [0.2, 0.25) is 15.9 Å². The Morgan fingerprint density at radius 1 is 1.54 bits per heavy atom. The third-order valence-electron chi connectivity index (χ3n) is 2.04. The van der Waals surface area contributed by atoms with Gasteiger partial charge in [0, 0.05) is 26.1 Å². The highest BCUT2D eigenvalue weighted by Gasteiger charge is 2.35. The molecule has 0 bridgehead atoms. The number of amides is 1. The number of carbonyl (C=O) groups excluding carboxylic acids is 1. The fourth-order valence-electron chi connectivity index (χ4n) is 1.33. The molecule has 0 aliphatic carbocycles. The van der Waals surface area contributed by atoms with E-state index in [1.807, 2.05) is 0 Å². The number of carbonyl (C=O) groups is 1. The fraction of sp³-hybridized carbons (Fsp3) is 0.833. The van der Waals surface area contributed by atoms with Crippen LogP contribution in [0, 0.1) is 0 Å². The molecule has 13 heavy (non-hydrogen) atoms. The molecule has 1 fully saturated rings. The summed E-state index contributed by atoms with van der Waals surface area (Å²) in [7, 11) is -3.59. The number of hydrogen-bond acceptors (Lipinski definition) is 4. The monoisotopic (exact) mass is 207 g/mol. The second kappa shape index (κ2) is 3.60. The predicted molar refractivity (Wildman–Crippen MR) is 47.1 cm³/mol. The second-order valence-corrected chi connectivity index (χ2v) is 4.89. The molecule has 1 atom stereocenters. The third-order valence-corrected chi connectivity index (χ3v) is 3.29. The van der Waals surface area contributed by atoms with Crippen LogP contribution in [0.3, 0.4) is 0 Å². The number of nitrogens with two attached hydrogens (primary N) is 2. The number of hydrogen-bond donors (Lipinski definition) is 2. The highest BCUT2D eigenvalue weighted by atomic mass is 32.2. The van der Waals surface area contributed by atoms with E-state index in [1.54, 1.807) is 0 Å². The standard InChI is InChI=1S/C6H13N3O3S/c7-1-2-9-4-5(3-6(9)10)13(8,11)12/h5H,1-4,7H2,(H2,8,11,12). The van der Waals surface area contributed by atoms with Crippen LogP contribution < -0.4 is 10.9 Å². The molecule has 4 N–H and O–H groups in total. The van der Waals surface area contributed by atoms with Crippen LogP contribution in [-0.2, 0) is 14.8 Å². The summed E-state index contributed by atoms with van der Waals surface area (Å²) in [4.78, 5) is 12.6. The summed E-state index contributed by atoms with van der Waals surface area (Å²) in [6, 6.07) is 0. The molecule has 1 amide bonds. The molecular formula is C6H13N3O3S. The van der Waals surface area contributed by atoms with Crippen LogP contribution in [-0.4, -0.2) is 44.1 Å². The third kappa shape index (κ3) is 2.39. The van der Waals surface area contributed by atoms with Crippen molar-refractivity contribution in [2.75, 3.05) is 19.6 Å². The molecule has 1 unspecified atom stereocenters. The van der Waals surface area contributed by atoms with E-state index in [2.05, 4.69) is 0 Å². The summed E-state index contributed by atoms with van der Waals surface area (Å²) in [6.07, 6.45) is -0.0150. The summed E-state index contributed by atoms with van der Waals surface area (Å²) >= 11 is 0. The first-order valence-electron chi connectivity index (χ1n) is 3.94. The minimum Gasteiger partial charge on any atom is -0.340 e. The topological polar surface area (TPSA) is 106 Å². The van der Waals surface area contributed by atoms with Crippen LogP contribution in [0.1, 0.15) is 6.42 Å². The van der Waals surface area contributed by atoms with E-state index in [-0.39, 0.29) is 18.9 Å². The lowest BCUT2D eigenvalue weighted by Gasteiger charge is -2.14. The van der Waals surface area contributed by atoms with Gasteiger partial charge in [0.15, 0.2) is 0 Å². The molecule has 76 valence electrons. The first kappa shape index (κ1) is 10.4. The average molecular weight is 207 g/mol. The molecule has 1 aliphatic rings. The van der Waals surface area contributed by atoms with Crippen LogP contribution >= 0.6 is 0 Å². The Bertz CT molecular complexity index is 300. The van der Waals surface area contributed by atoms with Crippen LogP contribution in [0.25, 0.3) is 0 Å². The number of likely N-dealkylation sites (tertiary alicyclic amines) is 1. The van der Waals surface area contributed by atoms with E-state index in [4.69, 9.17) is 10.9 Å². The highest BCUT2D eigenvalue weighted by Crippen LogP contribution is 2.15. The zero-order chi connectivity index (χ0) is 10.1. The Labute approximate surface area is 76.9 Å². The molecule has 6 nitrogen and oxygen atoms in total. The molecule has 0 radical (unpaired) electrons. The smallest absolute Gasteiger partial charge is 0.224 e. The zero-order valence-corrected chi connectivity index (χ0v) is 7.96. The van der Waals surface area contributed by atoms with Crippen molar-refractivity contribution in [2.45, 2.75) is 11.7 Å². The minimum absolute atomic E-state index is 0.0150. The van der Waals surface area contributed by atoms with Crippen LogP contribution in [0.4, 0.5) is 0 Å². The van der Waals surface area contributed by atoms with Gasteiger partial charge < -0.3 is 10.6 Å². The van der Waals surface area contributed by atoms with E-state index in [9.17, 15) is 13.2 Å². The van der Waals surface area contributed by atoms with Crippen molar-refractivity contribution in [3.05, 3.63) is 0 Å². The zero-order valence-electron chi connectivity index (χ0n) is 7.14. The maximum absolute atomic E-state index is 11.2. The Morgan fingerprint density at radius 2 is 2.15 bits per heavy atom. The van der Waals surface area contributed by atoms with Gasteiger partial charge >= 0.3 is 0 Å². The van der Waals surface area contributed by atoms with Crippen molar-refractivity contribution in [1.82, 2.24) is 4.90 Å². The maximum atomic E-state index is 11.2. The molecule has 1 rings (SSSR count). The lowest BCUT2D eigenvalue weighted by Crippen LogP contribution is -2.34. The molecule has 0 spiro atoms. The van der Waals surface area contributed by atoms with Gasteiger partial charge in [-0.2, -0.15) is 0 Å². The van der Waals surface area contributed by atoms with Crippen LogP contribution in [0.15, 0.2) is 0 Å². The van der Waals surface area contributed by atoms with Crippen LogP contribution in [0.5, 0.6) is 0 Å². The first-order valence-corrected chi connectivity index (χ1v) is 5.55. The quantitative estimate of drug-likeness (QED) is 0.549. The van der Waals surface area contributed by atoms with E-state index in [0.717, 1.165) is 0 Å². The lowest BCUT2D eigenvalue weighted by atomic mass is 10.4. The Kier molecular flexibility index (Phi) is 2.89. The van der Waals surface area contributed by atoms with Gasteiger partial charge in [-0.05, 0) is 0 Å². The molecule has 7 heteroatoms.